The first-order valence-corrected chi connectivity index (χ1v) is 7.63. The van der Waals surface area contributed by atoms with Gasteiger partial charge in [0.2, 0.25) is 11.9 Å². The standard InChI is InChI=1S/C15H17ClN4O2/c1-11(16)14(21)19-6-8-20(9-7-19)15-17-5-4-12(18-15)13-3-2-10-22-13/h2-5,10-11H,6-9H2,1H3/t11-/m1/s1. The van der Waals surface area contributed by atoms with Crippen molar-refractivity contribution < 1.29 is 9.21 Å². The number of nitrogens with zero attached hydrogens (tertiary/aromatic N) is 4. The molecule has 1 atom stereocenters. The minimum atomic E-state index is -0.481. The highest BCUT2D eigenvalue weighted by molar-refractivity contribution is 6.30. The van der Waals surface area contributed by atoms with Gasteiger partial charge in [0.25, 0.3) is 0 Å². The first-order valence-electron chi connectivity index (χ1n) is 7.20. The summed E-state index contributed by atoms with van der Waals surface area (Å²) in [5.74, 6) is 1.35. The number of rotatable bonds is 3. The van der Waals surface area contributed by atoms with Crippen LogP contribution in [0.15, 0.2) is 35.1 Å². The lowest BCUT2D eigenvalue weighted by Gasteiger charge is -2.35. The Morgan fingerprint density at radius 3 is 2.73 bits per heavy atom. The fraction of sp³-hybridized carbons (Fsp3) is 0.400. The molecular formula is C15H17ClN4O2. The zero-order chi connectivity index (χ0) is 15.5. The van der Waals surface area contributed by atoms with Crippen LogP contribution in [0, 0.1) is 0 Å². The van der Waals surface area contributed by atoms with Gasteiger partial charge in [0.05, 0.1) is 6.26 Å². The normalized spacial score (nSPS) is 16.6. The number of amides is 1. The Bertz CT molecular complexity index is 637. The Balaban J connectivity index is 1.69. The van der Waals surface area contributed by atoms with Crippen molar-refractivity contribution in [3.8, 4) is 11.5 Å². The topological polar surface area (TPSA) is 62.5 Å². The second-order valence-corrected chi connectivity index (χ2v) is 5.80. The molecule has 2 aromatic rings. The van der Waals surface area contributed by atoms with Crippen LogP contribution in [0.3, 0.4) is 0 Å². The number of carbonyl (C=O) groups excluding carboxylic acids is 1. The van der Waals surface area contributed by atoms with Crippen molar-refractivity contribution in [1.29, 1.82) is 0 Å². The minimum absolute atomic E-state index is 0.0217. The Kier molecular flexibility index (Phi) is 4.29. The van der Waals surface area contributed by atoms with Crippen LogP contribution in [0.2, 0.25) is 0 Å². The number of alkyl halides is 1. The van der Waals surface area contributed by atoms with E-state index in [0.29, 0.717) is 37.9 Å². The predicted octanol–water partition coefficient (Wildman–Crippen LogP) is 2.01. The average molecular weight is 321 g/mol. The summed E-state index contributed by atoms with van der Waals surface area (Å²) in [4.78, 5) is 24.6. The van der Waals surface area contributed by atoms with Crippen LogP contribution in [-0.2, 0) is 4.79 Å². The van der Waals surface area contributed by atoms with Crippen molar-refractivity contribution >= 4 is 23.5 Å². The van der Waals surface area contributed by atoms with Crippen LogP contribution in [0.1, 0.15) is 6.92 Å². The molecule has 1 fully saturated rings. The van der Waals surface area contributed by atoms with Gasteiger partial charge in [0.1, 0.15) is 11.1 Å². The molecule has 6 nitrogen and oxygen atoms in total. The molecule has 2 aromatic heterocycles. The fourth-order valence-electron chi connectivity index (χ4n) is 2.44. The fourth-order valence-corrected chi connectivity index (χ4v) is 2.58. The molecular weight excluding hydrogens is 304 g/mol. The highest BCUT2D eigenvalue weighted by atomic mass is 35.5. The van der Waals surface area contributed by atoms with E-state index in [1.165, 1.54) is 0 Å². The SMILES string of the molecule is C[C@@H](Cl)C(=O)N1CCN(c2nccc(-c3ccco3)n2)CC1. The Labute approximate surface area is 133 Å². The van der Waals surface area contributed by atoms with Gasteiger partial charge < -0.3 is 14.2 Å². The molecule has 0 radical (unpaired) electrons. The lowest BCUT2D eigenvalue weighted by molar-refractivity contribution is -0.130. The monoisotopic (exact) mass is 320 g/mol. The molecule has 22 heavy (non-hydrogen) atoms. The van der Waals surface area contributed by atoms with Gasteiger partial charge in [-0.3, -0.25) is 4.79 Å². The first kappa shape index (κ1) is 14.8. The molecule has 0 aliphatic carbocycles. The summed E-state index contributed by atoms with van der Waals surface area (Å²) < 4.78 is 5.36. The van der Waals surface area contributed by atoms with Gasteiger partial charge in [0.15, 0.2) is 5.76 Å². The van der Waals surface area contributed by atoms with E-state index in [1.807, 2.05) is 18.2 Å². The van der Waals surface area contributed by atoms with Gasteiger partial charge in [-0.25, -0.2) is 9.97 Å². The van der Waals surface area contributed by atoms with Crippen LogP contribution in [0.25, 0.3) is 11.5 Å². The molecule has 7 heteroatoms. The first-order chi connectivity index (χ1) is 10.6. The number of furan rings is 1. The summed E-state index contributed by atoms with van der Waals surface area (Å²) in [5.41, 5.74) is 0.753. The van der Waals surface area contributed by atoms with E-state index in [9.17, 15) is 4.79 Å². The summed E-state index contributed by atoms with van der Waals surface area (Å²) in [6.45, 7) is 4.34. The van der Waals surface area contributed by atoms with Crippen LogP contribution in [0.5, 0.6) is 0 Å². The van der Waals surface area contributed by atoms with Crippen molar-refractivity contribution in [3.63, 3.8) is 0 Å². The third kappa shape index (κ3) is 3.06. The number of hydrogen-bond donors (Lipinski definition) is 0. The van der Waals surface area contributed by atoms with Gasteiger partial charge in [-0.2, -0.15) is 0 Å². The van der Waals surface area contributed by atoms with Gasteiger partial charge in [-0.05, 0) is 25.1 Å². The average Bonchev–Trinajstić information content (AvgIpc) is 3.09. The van der Waals surface area contributed by atoms with Crippen LogP contribution >= 0.6 is 11.6 Å². The Morgan fingerprint density at radius 2 is 2.09 bits per heavy atom. The van der Waals surface area contributed by atoms with E-state index < -0.39 is 5.38 Å². The maximum absolute atomic E-state index is 11.9. The zero-order valence-corrected chi connectivity index (χ0v) is 13.0. The molecule has 0 bridgehead atoms. The summed E-state index contributed by atoms with van der Waals surface area (Å²) in [6.07, 6.45) is 3.34. The zero-order valence-electron chi connectivity index (χ0n) is 12.3. The number of carbonyl (C=O) groups is 1. The van der Waals surface area contributed by atoms with Crippen molar-refractivity contribution in [1.82, 2.24) is 14.9 Å². The third-order valence-electron chi connectivity index (χ3n) is 3.63. The molecule has 116 valence electrons. The molecule has 3 heterocycles. The largest absolute Gasteiger partial charge is 0.463 e. The van der Waals surface area contributed by atoms with Gasteiger partial charge >= 0.3 is 0 Å². The molecule has 0 N–H and O–H groups in total. The molecule has 1 aliphatic rings. The van der Waals surface area contributed by atoms with Crippen LogP contribution in [0.4, 0.5) is 5.95 Å². The highest BCUT2D eigenvalue weighted by Crippen LogP contribution is 2.20. The van der Waals surface area contributed by atoms with Gasteiger partial charge in [0, 0.05) is 32.4 Å². The van der Waals surface area contributed by atoms with E-state index in [2.05, 4.69) is 14.9 Å². The summed E-state index contributed by atoms with van der Waals surface area (Å²) in [6, 6.07) is 5.51. The maximum Gasteiger partial charge on any atom is 0.240 e. The summed E-state index contributed by atoms with van der Waals surface area (Å²) >= 11 is 5.85. The lowest BCUT2D eigenvalue weighted by atomic mass is 10.3. The van der Waals surface area contributed by atoms with E-state index in [-0.39, 0.29) is 5.91 Å². The maximum atomic E-state index is 11.9. The lowest BCUT2D eigenvalue weighted by Crippen LogP contribution is -2.50. The summed E-state index contributed by atoms with van der Waals surface area (Å²) in [5, 5.41) is -0.481. The van der Waals surface area contributed by atoms with Crippen molar-refractivity contribution in [2.45, 2.75) is 12.3 Å². The Hall–Kier alpha value is -2.08. The van der Waals surface area contributed by atoms with Crippen molar-refractivity contribution in [3.05, 3.63) is 30.7 Å². The highest BCUT2D eigenvalue weighted by Gasteiger charge is 2.25. The van der Waals surface area contributed by atoms with Crippen LogP contribution < -0.4 is 4.90 Å². The van der Waals surface area contributed by atoms with E-state index in [4.69, 9.17) is 16.0 Å². The Morgan fingerprint density at radius 1 is 1.32 bits per heavy atom. The summed E-state index contributed by atoms with van der Waals surface area (Å²) in [7, 11) is 0. The molecule has 0 spiro atoms. The smallest absolute Gasteiger partial charge is 0.240 e. The minimum Gasteiger partial charge on any atom is -0.463 e. The number of hydrogen-bond acceptors (Lipinski definition) is 5. The molecule has 1 aliphatic heterocycles. The number of anilines is 1. The molecule has 0 unspecified atom stereocenters. The molecule has 0 aromatic carbocycles. The predicted molar refractivity (Wildman–Crippen MR) is 83.8 cm³/mol. The van der Waals surface area contributed by atoms with E-state index >= 15 is 0 Å². The molecule has 1 amide bonds. The second kappa shape index (κ2) is 6.36. The van der Waals surface area contributed by atoms with Crippen molar-refractivity contribution in [2.24, 2.45) is 0 Å². The number of halogens is 1. The molecule has 1 saturated heterocycles. The second-order valence-electron chi connectivity index (χ2n) is 5.15. The van der Waals surface area contributed by atoms with Crippen molar-refractivity contribution in [2.75, 3.05) is 31.1 Å². The van der Waals surface area contributed by atoms with Gasteiger partial charge in [-0.15, -0.1) is 11.6 Å². The number of piperazine rings is 1. The van der Waals surface area contributed by atoms with E-state index in [1.54, 1.807) is 24.3 Å². The number of aromatic nitrogens is 2. The van der Waals surface area contributed by atoms with Gasteiger partial charge in [-0.1, -0.05) is 0 Å². The third-order valence-corrected chi connectivity index (χ3v) is 3.82. The molecule has 0 saturated carbocycles. The van der Waals surface area contributed by atoms with E-state index in [0.717, 1.165) is 5.69 Å². The quantitative estimate of drug-likeness (QED) is 0.810. The molecule has 3 rings (SSSR count). The van der Waals surface area contributed by atoms with Crippen LogP contribution in [-0.4, -0.2) is 52.3 Å².